The predicted octanol–water partition coefficient (Wildman–Crippen LogP) is -3.64. The van der Waals surface area contributed by atoms with Crippen LogP contribution in [-0.2, 0) is 33.8 Å². The van der Waals surface area contributed by atoms with Gasteiger partial charge in [0.1, 0.15) is 60.5 Å². The molecule has 0 radical (unpaired) electrons. The van der Waals surface area contributed by atoms with E-state index in [1.165, 1.54) is 4.57 Å². The molecule has 0 amide bonds. The third kappa shape index (κ3) is 7.82. The second-order valence-corrected chi connectivity index (χ2v) is 15.2. The summed E-state index contributed by atoms with van der Waals surface area (Å²) in [5.74, 6) is -0.0204. The molecular weight excluding hydrogens is 768 g/mol. The molecule has 54 heavy (non-hydrogen) atoms. The molecule has 12 N–H and O–H groups in total. The summed E-state index contributed by atoms with van der Waals surface area (Å²) < 4.78 is 46.1. The molecule has 5 heterocycles. The lowest BCUT2D eigenvalue weighted by molar-refractivity contribution is -0.657. The van der Waals surface area contributed by atoms with Gasteiger partial charge in [0.2, 0.25) is 5.52 Å². The van der Waals surface area contributed by atoms with Crippen molar-refractivity contribution in [2.24, 2.45) is 0 Å². The molecule has 1 fully saturated rings. The highest BCUT2D eigenvalue weighted by molar-refractivity contribution is 7.61. The van der Waals surface area contributed by atoms with E-state index in [2.05, 4.69) is 38.3 Å². The number of aromatic nitrogens is 8. The first kappa shape index (κ1) is 39.5. The molecule has 10 atom stereocenters. The number of nitrogens with one attached hydrogen (secondary N) is 2. The number of phosphoric ester groups is 2. The molecule has 27 heteroatoms. The summed E-state index contributed by atoms with van der Waals surface area (Å²) in [5, 5.41) is 63.6. The largest absolute Gasteiger partial charge is 0.483 e. The Morgan fingerprint density at radius 2 is 1.69 bits per heavy atom. The highest BCUT2D eigenvalue weighted by atomic mass is 31.3. The van der Waals surface area contributed by atoms with E-state index in [1.54, 1.807) is 26.0 Å². The minimum Gasteiger partial charge on any atom is -0.388 e. The lowest BCUT2D eigenvalue weighted by atomic mass is 10.1. The first-order chi connectivity index (χ1) is 25.3. The van der Waals surface area contributed by atoms with Gasteiger partial charge in [-0.15, -0.1) is 0 Å². The number of imidazole rings is 1. The van der Waals surface area contributed by atoms with Gasteiger partial charge in [-0.25, -0.2) is 38.4 Å². The Balaban J connectivity index is 1.09. The highest BCUT2D eigenvalue weighted by Gasteiger charge is 2.50. The van der Waals surface area contributed by atoms with Gasteiger partial charge in [-0.2, -0.15) is 9.29 Å². The average Bonchev–Trinajstić information content (AvgIpc) is 3.64. The fourth-order valence-electron chi connectivity index (χ4n) is 5.69. The van der Waals surface area contributed by atoms with Crippen LogP contribution in [0.2, 0.25) is 0 Å². The number of aromatic amines is 2. The Kier molecular flexibility index (Phi) is 10.8. The number of hydrogen-bond acceptors (Lipinski definition) is 19. The van der Waals surface area contributed by atoms with Crippen molar-refractivity contribution in [3.8, 4) is 0 Å². The number of aryl methyl sites for hydroxylation is 2. The van der Waals surface area contributed by atoms with Crippen LogP contribution >= 0.6 is 15.6 Å². The molecule has 1 aromatic carbocycles. The number of fused-ring (bicyclic) bond motifs is 3. The number of ether oxygens (including phenoxy) is 1. The maximum absolute atomic E-state index is 12.6. The number of benzene rings is 1. The van der Waals surface area contributed by atoms with Crippen LogP contribution in [0.1, 0.15) is 17.4 Å². The van der Waals surface area contributed by atoms with Gasteiger partial charge in [-0.3, -0.25) is 23.4 Å². The minimum atomic E-state index is -5.78. The summed E-state index contributed by atoms with van der Waals surface area (Å²) in [4.78, 5) is 65.3. The Bertz CT molecular complexity index is 2440. The number of nitrogens with zero attached hydrogens (tertiary/aromatic N) is 6. The van der Waals surface area contributed by atoms with Crippen molar-refractivity contribution in [1.29, 1.82) is 0 Å². The second kappa shape index (κ2) is 14.8. The summed E-state index contributed by atoms with van der Waals surface area (Å²) in [7, 11) is -11.5. The van der Waals surface area contributed by atoms with Gasteiger partial charge in [-0.1, -0.05) is 0 Å². The minimum absolute atomic E-state index is 0.0204. The van der Waals surface area contributed by atoms with Crippen molar-refractivity contribution in [3.63, 3.8) is 0 Å². The normalized spacial score (nSPS) is 23.7. The number of aliphatic hydroxyl groups is 6. The molecular formula is C27H34N9O16P2+. The molecule has 0 aliphatic carbocycles. The van der Waals surface area contributed by atoms with E-state index in [0.717, 1.165) is 28.3 Å². The second-order valence-electron chi connectivity index (χ2n) is 12.2. The molecule has 1 aliphatic heterocycles. The number of phosphoric acid groups is 2. The number of anilines is 1. The summed E-state index contributed by atoms with van der Waals surface area (Å²) >= 11 is 0. The predicted molar refractivity (Wildman–Crippen MR) is 178 cm³/mol. The molecule has 1 saturated heterocycles. The first-order valence-electron chi connectivity index (χ1n) is 15.6. The fraction of sp³-hybridized carbons (Fsp3) is 0.444. The van der Waals surface area contributed by atoms with E-state index < -0.39 is 89.2 Å². The van der Waals surface area contributed by atoms with Crippen molar-refractivity contribution >= 4 is 54.8 Å². The zero-order chi connectivity index (χ0) is 39.4. The van der Waals surface area contributed by atoms with Gasteiger partial charge >= 0.3 is 27.0 Å². The van der Waals surface area contributed by atoms with Crippen LogP contribution in [0.4, 0.5) is 5.82 Å². The van der Waals surface area contributed by atoms with Gasteiger partial charge in [0.05, 0.1) is 12.9 Å². The average molecular weight is 803 g/mol. The molecule has 0 spiro atoms. The van der Waals surface area contributed by atoms with E-state index in [4.69, 9.17) is 10.5 Å². The summed E-state index contributed by atoms with van der Waals surface area (Å²) in [5.41, 5.74) is 5.98. The molecule has 292 valence electrons. The smallest absolute Gasteiger partial charge is 0.388 e. The van der Waals surface area contributed by atoms with Crippen LogP contribution in [-0.4, -0.2) is 124 Å². The van der Waals surface area contributed by atoms with Crippen LogP contribution in [0.5, 0.6) is 0 Å². The number of H-pyrrole nitrogens is 2. The number of nitrogens with two attached hydrogens (primary N) is 1. The number of rotatable bonds is 13. The van der Waals surface area contributed by atoms with Gasteiger partial charge < -0.3 is 50.9 Å². The zero-order valence-electron chi connectivity index (χ0n) is 27.8. The Labute approximate surface area is 300 Å². The summed E-state index contributed by atoms with van der Waals surface area (Å²) in [6, 6.07) is 3.30. The Morgan fingerprint density at radius 1 is 0.981 bits per heavy atom. The standard InChI is InChI=1S/C27H33N9O16P2/c1-9-3-11-12(4-10(9)2)35(23-16(32-11)24(42)34-27(44)33-23)5-13(37)17(39)14(38)6-49-53(45,46)52-54(47,48)51-26(43)20-18(40)19(41)25(50-20)36-8-31-15-21(28)29-7-30-22(15)36/h3-4,7-8,13-14,17-20,25-26,37-41,43H,5-6H2,1-2H3,(H5,28,29,30,34,42,44,45,46,47,48)/p+1/t13-,14+,17-,18-,19+,20-,25+,26-/m0/s1. The number of nitrogen functional groups attached to an aromatic ring is 1. The fourth-order valence-corrected chi connectivity index (χ4v) is 7.81. The lowest BCUT2D eigenvalue weighted by Gasteiger charge is -2.25. The maximum atomic E-state index is 12.6. The molecule has 6 rings (SSSR count). The molecule has 25 nitrogen and oxygen atoms in total. The van der Waals surface area contributed by atoms with Gasteiger partial charge in [0, 0.05) is 0 Å². The molecule has 4 aromatic heterocycles. The number of aliphatic hydroxyl groups excluding tert-OH is 6. The van der Waals surface area contributed by atoms with Crippen LogP contribution in [0.15, 0.2) is 34.4 Å². The summed E-state index contributed by atoms with van der Waals surface area (Å²) in [6.45, 7) is 1.69. The van der Waals surface area contributed by atoms with Crippen LogP contribution < -0.4 is 21.5 Å². The van der Waals surface area contributed by atoms with Crippen LogP contribution in [0.25, 0.3) is 33.4 Å². The van der Waals surface area contributed by atoms with Crippen molar-refractivity contribution in [2.75, 3.05) is 12.3 Å². The van der Waals surface area contributed by atoms with Crippen molar-refractivity contribution in [3.05, 3.63) is 56.8 Å². The molecule has 0 bridgehead atoms. The van der Waals surface area contributed by atoms with Crippen molar-refractivity contribution in [2.45, 2.75) is 69.5 Å². The van der Waals surface area contributed by atoms with E-state index >= 15 is 0 Å². The monoisotopic (exact) mass is 802 g/mol. The highest BCUT2D eigenvalue weighted by Crippen LogP contribution is 2.61. The topological polar surface area (TPSA) is 385 Å². The molecule has 1 aliphatic rings. The third-order valence-corrected chi connectivity index (χ3v) is 11.1. The Morgan fingerprint density at radius 3 is 2.41 bits per heavy atom. The van der Waals surface area contributed by atoms with Gasteiger partial charge in [0.25, 0.3) is 5.56 Å². The third-order valence-electron chi connectivity index (χ3n) is 8.51. The van der Waals surface area contributed by atoms with Gasteiger partial charge in [-0.05, 0) is 37.1 Å². The molecule has 2 unspecified atom stereocenters. The molecule has 0 saturated carbocycles. The quantitative estimate of drug-likeness (QED) is 0.0237. The van der Waals surface area contributed by atoms with E-state index in [0.29, 0.717) is 5.52 Å². The van der Waals surface area contributed by atoms with Crippen molar-refractivity contribution in [1.82, 2.24) is 34.5 Å². The van der Waals surface area contributed by atoms with Crippen molar-refractivity contribution < 1.29 is 72.2 Å². The summed E-state index contributed by atoms with van der Waals surface area (Å²) in [6.07, 6.45) is -13.8. The zero-order valence-corrected chi connectivity index (χ0v) is 29.6. The number of hydrogen-bond donors (Lipinski definition) is 11. The maximum Gasteiger partial charge on any atom is 0.483 e. The van der Waals surface area contributed by atoms with E-state index in [-0.39, 0.29) is 33.7 Å². The van der Waals surface area contributed by atoms with E-state index in [9.17, 15) is 59.1 Å². The lowest BCUT2D eigenvalue weighted by Crippen LogP contribution is -2.51. The molecule has 5 aromatic rings. The Hall–Kier alpha value is -4.17. The van der Waals surface area contributed by atoms with Crippen LogP contribution in [0.3, 0.4) is 0 Å². The van der Waals surface area contributed by atoms with E-state index in [1.807, 2.05) is 4.98 Å². The first-order valence-corrected chi connectivity index (χ1v) is 18.6. The van der Waals surface area contributed by atoms with Crippen LogP contribution in [0, 0.1) is 13.8 Å². The SMILES string of the molecule is Cc1cc2nc3c(=O)[nH]c(=O)[nH]c3[n+](C[C@H](O)[C@H](O)[C@H](O)COP(=O)(O)OP(=O)(O)O[C@H](O)[C@H]3O[C@@H](n4cnc5c(N)ncnc54)[C@H](O)[C@@H]3O)c2cc1C. The van der Waals surface area contributed by atoms with Gasteiger partial charge in [0.15, 0.2) is 29.5 Å².